The number of hydrogen-bond donors (Lipinski definition) is 3. The Morgan fingerprint density at radius 3 is 2.45 bits per heavy atom. The second-order valence-corrected chi connectivity index (χ2v) is 8.38. The molecule has 4 rings (SSSR count). The van der Waals surface area contributed by atoms with Crippen LogP contribution in [0.25, 0.3) is 28.0 Å². The summed E-state index contributed by atoms with van der Waals surface area (Å²) < 4.78 is 12.1. The van der Waals surface area contributed by atoms with Gasteiger partial charge in [-0.05, 0) is 38.1 Å². The zero-order valence-corrected chi connectivity index (χ0v) is 16.7. The zero-order chi connectivity index (χ0) is 21.3. The number of allylic oxidation sites excluding steroid dienone is 1. The molecule has 2 heterocycles. The summed E-state index contributed by atoms with van der Waals surface area (Å²) >= 11 is 0. The number of phenolic OH excluding ortho intramolecular Hbond substituents is 3. The van der Waals surface area contributed by atoms with Crippen molar-refractivity contribution in [2.24, 2.45) is 0 Å². The Hall–Kier alpha value is -3.41. The standard InChI is InChI=1S/C23H22O6/c1-6-22(2,3)15-19-12(9-10-23(4,5)29-19)17(26)14-16(25)11-7-8-13(24)18(27)20(11)28-21(14)15/h6-10,24,26-27H,1H2,2-5H3. The van der Waals surface area contributed by atoms with Gasteiger partial charge in [0.15, 0.2) is 11.3 Å². The van der Waals surface area contributed by atoms with E-state index in [9.17, 15) is 20.1 Å². The number of benzene rings is 2. The Labute approximate surface area is 167 Å². The van der Waals surface area contributed by atoms with Crippen molar-refractivity contribution >= 4 is 28.0 Å². The molecule has 1 aliphatic rings. The van der Waals surface area contributed by atoms with Gasteiger partial charge in [-0.1, -0.05) is 19.9 Å². The SMILES string of the molecule is C=CC(C)(C)c1c2c(c(O)c3c(=O)c4ccc(O)c(O)c4oc13)C=CC(C)(C)O2. The summed E-state index contributed by atoms with van der Waals surface area (Å²) in [7, 11) is 0. The van der Waals surface area contributed by atoms with Gasteiger partial charge < -0.3 is 24.5 Å². The van der Waals surface area contributed by atoms with Gasteiger partial charge in [0.2, 0.25) is 11.2 Å². The Kier molecular flexibility index (Phi) is 3.78. The van der Waals surface area contributed by atoms with Crippen molar-refractivity contribution in [3.05, 3.63) is 52.2 Å². The number of aromatic hydroxyl groups is 3. The van der Waals surface area contributed by atoms with Crippen LogP contribution in [0.3, 0.4) is 0 Å². The van der Waals surface area contributed by atoms with Crippen LogP contribution in [-0.2, 0) is 5.41 Å². The predicted molar refractivity (Wildman–Crippen MR) is 112 cm³/mol. The molecule has 1 aromatic heterocycles. The molecule has 6 heteroatoms. The lowest BCUT2D eigenvalue weighted by Crippen LogP contribution is -2.30. The Balaban J connectivity index is 2.32. The third-order valence-corrected chi connectivity index (χ3v) is 5.37. The smallest absolute Gasteiger partial charge is 0.204 e. The first-order valence-corrected chi connectivity index (χ1v) is 9.21. The molecule has 0 spiro atoms. The van der Waals surface area contributed by atoms with E-state index in [1.165, 1.54) is 12.1 Å². The minimum atomic E-state index is -0.701. The summed E-state index contributed by atoms with van der Waals surface area (Å²) in [6.07, 6.45) is 5.23. The zero-order valence-electron chi connectivity index (χ0n) is 16.7. The van der Waals surface area contributed by atoms with Gasteiger partial charge >= 0.3 is 0 Å². The van der Waals surface area contributed by atoms with Crippen LogP contribution in [0.4, 0.5) is 0 Å². The van der Waals surface area contributed by atoms with Crippen molar-refractivity contribution in [1.82, 2.24) is 0 Å². The Morgan fingerprint density at radius 1 is 1.10 bits per heavy atom. The van der Waals surface area contributed by atoms with E-state index >= 15 is 0 Å². The fourth-order valence-electron chi connectivity index (χ4n) is 3.63. The highest BCUT2D eigenvalue weighted by Crippen LogP contribution is 2.49. The largest absolute Gasteiger partial charge is 0.506 e. The topological polar surface area (TPSA) is 100 Å². The maximum Gasteiger partial charge on any atom is 0.204 e. The highest BCUT2D eigenvalue weighted by molar-refractivity contribution is 6.01. The molecule has 3 N–H and O–H groups in total. The molecular formula is C23H22O6. The Bertz CT molecular complexity index is 1290. The molecule has 3 aromatic rings. The van der Waals surface area contributed by atoms with E-state index in [1.54, 1.807) is 18.2 Å². The lowest BCUT2D eigenvalue weighted by atomic mass is 9.80. The highest BCUT2D eigenvalue weighted by atomic mass is 16.5. The maximum absolute atomic E-state index is 13.2. The van der Waals surface area contributed by atoms with E-state index in [2.05, 4.69) is 6.58 Å². The van der Waals surface area contributed by atoms with Crippen molar-refractivity contribution < 1.29 is 24.5 Å². The fourth-order valence-corrected chi connectivity index (χ4v) is 3.63. The molecule has 0 radical (unpaired) electrons. The number of rotatable bonds is 2. The van der Waals surface area contributed by atoms with E-state index < -0.39 is 27.9 Å². The van der Waals surface area contributed by atoms with Crippen molar-refractivity contribution in [3.8, 4) is 23.0 Å². The first kappa shape index (κ1) is 18.9. The Morgan fingerprint density at radius 2 is 1.79 bits per heavy atom. The summed E-state index contributed by atoms with van der Waals surface area (Å²) in [5.41, 5.74) is -1.03. The molecule has 6 nitrogen and oxygen atoms in total. The van der Waals surface area contributed by atoms with Gasteiger partial charge in [0.05, 0.1) is 10.9 Å². The fraction of sp³-hybridized carbons (Fsp3) is 0.261. The average molecular weight is 394 g/mol. The van der Waals surface area contributed by atoms with Gasteiger partial charge in [-0.3, -0.25) is 4.79 Å². The van der Waals surface area contributed by atoms with Crippen LogP contribution in [-0.4, -0.2) is 20.9 Å². The summed E-state index contributed by atoms with van der Waals surface area (Å²) in [5, 5.41) is 31.1. The quantitative estimate of drug-likeness (QED) is 0.331. The predicted octanol–water partition coefficient (Wildman–Crippen LogP) is 4.71. The molecule has 1 aliphatic heterocycles. The van der Waals surface area contributed by atoms with Gasteiger partial charge in [-0.2, -0.15) is 0 Å². The minimum absolute atomic E-state index is 0.0146. The molecule has 2 aromatic carbocycles. The van der Waals surface area contributed by atoms with Gasteiger partial charge in [0.1, 0.15) is 28.1 Å². The minimum Gasteiger partial charge on any atom is -0.506 e. The lowest BCUT2D eigenvalue weighted by molar-refractivity contribution is 0.155. The highest BCUT2D eigenvalue weighted by Gasteiger charge is 2.36. The van der Waals surface area contributed by atoms with Crippen LogP contribution >= 0.6 is 0 Å². The van der Waals surface area contributed by atoms with Crippen LogP contribution in [0.2, 0.25) is 0 Å². The van der Waals surface area contributed by atoms with Crippen LogP contribution < -0.4 is 10.2 Å². The number of fused-ring (bicyclic) bond motifs is 3. The summed E-state index contributed by atoms with van der Waals surface area (Å²) in [6.45, 7) is 11.4. The normalized spacial score (nSPS) is 15.3. The van der Waals surface area contributed by atoms with Crippen molar-refractivity contribution in [3.63, 3.8) is 0 Å². The van der Waals surface area contributed by atoms with Crippen LogP contribution in [0, 0.1) is 0 Å². The molecular weight excluding hydrogens is 372 g/mol. The van der Waals surface area contributed by atoms with E-state index in [0.29, 0.717) is 16.9 Å². The van der Waals surface area contributed by atoms with E-state index in [0.717, 1.165) is 0 Å². The third kappa shape index (κ3) is 2.59. The molecule has 0 saturated heterocycles. The van der Waals surface area contributed by atoms with Gasteiger partial charge in [-0.15, -0.1) is 6.58 Å². The molecule has 0 amide bonds. The average Bonchev–Trinajstić information content (AvgIpc) is 2.64. The van der Waals surface area contributed by atoms with Crippen LogP contribution in [0.5, 0.6) is 23.0 Å². The number of hydrogen-bond acceptors (Lipinski definition) is 6. The van der Waals surface area contributed by atoms with E-state index in [-0.39, 0.29) is 27.7 Å². The molecule has 0 fully saturated rings. The molecule has 0 atom stereocenters. The molecule has 29 heavy (non-hydrogen) atoms. The van der Waals surface area contributed by atoms with Gasteiger partial charge in [0.25, 0.3) is 0 Å². The van der Waals surface area contributed by atoms with Gasteiger partial charge in [-0.25, -0.2) is 0 Å². The number of ether oxygens (including phenoxy) is 1. The maximum atomic E-state index is 13.2. The lowest BCUT2D eigenvalue weighted by Gasteiger charge is -2.34. The molecule has 0 aliphatic carbocycles. The van der Waals surface area contributed by atoms with Crippen molar-refractivity contribution in [1.29, 1.82) is 0 Å². The first-order valence-electron chi connectivity index (χ1n) is 9.21. The summed E-state index contributed by atoms with van der Waals surface area (Å²) in [5.74, 6) is -0.822. The van der Waals surface area contributed by atoms with Crippen LogP contribution in [0.1, 0.15) is 38.8 Å². The second-order valence-electron chi connectivity index (χ2n) is 8.38. The molecule has 0 saturated carbocycles. The van der Waals surface area contributed by atoms with Gasteiger partial charge in [0, 0.05) is 11.0 Å². The molecule has 0 unspecified atom stereocenters. The van der Waals surface area contributed by atoms with E-state index in [4.69, 9.17) is 9.15 Å². The van der Waals surface area contributed by atoms with Crippen LogP contribution in [0.15, 0.2) is 40.1 Å². The molecule has 150 valence electrons. The monoisotopic (exact) mass is 394 g/mol. The molecule has 0 bridgehead atoms. The van der Waals surface area contributed by atoms with Crippen molar-refractivity contribution in [2.45, 2.75) is 38.7 Å². The summed E-state index contributed by atoms with van der Waals surface area (Å²) in [6, 6.07) is 2.55. The first-order chi connectivity index (χ1) is 13.5. The second kappa shape index (κ2) is 5.80. The number of phenols is 3. The third-order valence-electron chi connectivity index (χ3n) is 5.37. The van der Waals surface area contributed by atoms with Crippen molar-refractivity contribution in [2.75, 3.05) is 0 Å². The van der Waals surface area contributed by atoms with E-state index in [1.807, 2.05) is 27.7 Å². The summed E-state index contributed by atoms with van der Waals surface area (Å²) in [4.78, 5) is 13.2.